The van der Waals surface area contributed by atoms with Crippen LogP contribution in [0.15, 0.2) is 48.5 Å². The molecule has 0 spiro atoms. The van der Waals surface area contributed by atoms with Gasteiger partial charge in [0.15, 0.2) is 0 Å². The molecule has 1 heterocycles. The standard InChI is InChI=1S/C18H21NO/c1-14-8-9-16-12-17(20-2)10-11-18(16)19(14)13-15-6-4-3-5-7-15/h3-7,10-12,14H,8-9,13H2,1-2H3. The number of nitrogens with zero attached hydrogens (tertiary/aromatic N) is 1. The topological polar surface area (TPSA) is 12.5 Å². The van der Waals surface area contributed by atoms with Gasteiger partial charge in [0.2, 0.25) is 0 Å². The van der Waals surface area contributed by atoms with Crippen LogP contribution >= 0.6 is 0 Å². The molecule has 0 bridgehead atoms. The molecule has 0 aliphatic carbocycles. The van der Waals surface area contributed by atoms with E-state index in [1.165, 1.54) is 23.2 Å². The van der Waals surface area contributed by atoms with Gasteiger partial charge in [0.25, 0.3) is 0 Å². The first-order valence-corrected chi connectivity index (χ1v) is 7.25. The number of hydrogen-bond donors (Lipinski definition) is 0. The summed E-state index contributed by atoms with van der Waals surface area (Å²) >= 11 is 0. The molecule has 2 nitrogen and oxygen atoms in total. The van der Waals surface area contributed by atoms with Crippen LogP contribution in [0.25, 0.3) is 0 Å². The zero-order valence-electron chi connectivity index (χ0n) is 12.2. The Hall–Kier alpha value is -1.96. The van der Waals surface area contributed by atoms with E-state index in [-0.39, 0.29) is 0 Å². The quantitative estimate of drug-likeness (QED) is 0.832. The van der Waals surface area contributed by atoms with Crippen molar-refractivity contribution >= 4 is 5.69 Å². The van der Waals surface area contributed by atoms with E-state index in [0.717, 1.165) is 18.7 Å². The number of benzene rings is 2. The Morgan fingerprint density at radius 2 is 1.95 bits per heavy atom. The molecule has 0 saturated carbocycles. The fraction of sp³-hybridized carbons (Fsp3) is 0.333. The van der Waals surface area contributed by atoms with Crippen LogP contribution in [0.4, 0.5) is 5.69 Å². The first-order chi connectivity index (χ1) is 9.78. The lowest BCUT2D eigenvalue weighted by Crippen LogP contribution is -2.36. The van der Waals surface area contributed by atoms with E-state index in [2.05, 4.69) is 60.4 Å². The Balaban J connectivity index is 1.91. The number of anilines is 1. The van der Waals surface area contributed by atoms with Crippen molar-refractivity contribution in [3.8, 4) is 5.75 Å². The van der Waals surface area contributed by atoms with Gasteiger partial charge in [-0.25, -0.2) is 0 Å². The van der Waals surface area contributed by atoms with Crippen LogP contribution in [-0.2, 0) is 13.0 Å². The highest BCUT2D eigenvalue weighted by Crippen LogP contribution is 2.34. The summed E-state index contributed by atoms with van der Waals surface area (Å²) in [6.45, 7) is 3.29. The van der Waals surface area contributed by atoms with Gasteiger partial charge >= 0.3 is 0 Å². The van der Waals surface area contributed by atoms with Gasteiger partial charge in [-0.05, 0) is 49.1 Å². The second-order valence-electron chi connectivity index (χ2n) is 5.50. The second-order valence-corrected chi connectivity index (χ2v) is 5.50. The van der Waals surface area contributed by atoms with Crippen molar-refractivity contribution in [2.75, 3.05) is 12.0 Å². The molecule has 1 unspecified atom stereocenters. The van der Waals surface area contributed by atoms with Gasteiger partial charge in [0, 0.05) is 18.3 Å². The Kier molecular flexibility index (Phi) is 3.64. The third-order valence-corrected chi connectivity index (χ3v) is 4.16. The number of methoxy groups -OCH3 is 1. The molecule has 1 aliphatic rings. The maximum absolute atomic E-state index is 5.34. The fourth-order valence-electron chi connectivity index (χ4n) is 2.95. The third kappa shape index (κ3) is 2.51. The summed E-state index contributed by atoms with van der Waals surface area (Å²) in [7, 11) is 1.73. The predicted molar refractivity (Wildman–Crippen MR) is 83.4 cm³/mol. The monoisotopic (exact) mass is 267 g/mol. The molecule has 0 saturated heterocycles. The fourth-order valence-corrected chi connectivity index (χ4v) is 2.95. The highest BCUT2D eigenvalue weighted by atomic mass is 16.5. The van der Waals surface area contributed by atoms with Crippen molar-refractivity contribution in [2.45, 2.75) is 32.4 Å². The first-order valence-electron chi connectivity index (χ1n) is 7.25. The average Bonchev–Trinajstić information content (AvgIpc) is 2.50. The minimum atomic E-state index is 0.580. The molecule has 2 aromatic carbocycles. The normalized spacial score (nSPS) is 17.7. The molecule has 104 valence electrons. The van der Waals surface area contributed by atoms with Crippen LogP contribution in [-0.4, -0.2) is 13.2 Å². The van der Waals surface area contributed by atoms with Gasteiger partial charge < -0.3 is 9.64 Å². The van der Waals surface area contributed by atoms with Crippen LogP contribution in [0.1, 0.15) is 24.5 Å². The summed E-state index contributed by atoms with van der Waals surface area (Å²) in [6.07, 6.45) is 2.34. The summed E-state index contributed by atoms with van der Waals surface area (Å²) in [5.74, 6) is 0.956. The summed E-state index contributed by atoms with van der Waals surface area (Å²) < 4.78 is 5.34. The molecule has 0 aromatic heterocycles. The van der Waals surface area contributed by atoms with Crippen LogP contribution in [0.2, 0.25) is 0 Å². The second kappa shape index (κ2) is 5.58. The Morgan fingerprint density at radius 1 is 1.15 bits per heavy atom. The maximum Gasteiger partial charge on any atom is 0.119 e. The molecular weight excluding hydrogens is 246 g/mol. The van der Waals surface area contributed by atoms with E-state index in [4.69, 9.17) is 4.74 Å². The minimum absolute atomic E-state index is 0.580. The minimum Gasteiger partial charge on any atom is -0.497 e. The van der Waals surface area contributed by atoms with E-state index in [1.54, 1.807) is 7.11 Å². The molecule has 2 aromatic rings. The molecular formula is C18H21NO. The largest absolute Gasteiger partial charge is 0.497 e. The molecule has 1 aliphatic heterocycles. The number of hydrogen-bond acceptors (Lipinski definition) is 2. The van der Waals surface area contributed by atoms with Crippen molar-refractivity contribution in [2.24, 2.45) is 0 Å². The molecule has 3 rings (SSSR count). The number of fused-ring (bicyclic) bond motifs is 1. The third-order valence-electron chi connectivity index (χ3n) is 4.16. The van der Waals surface area contributed by atoms with Gasteiger partial charge in [-0.2, -0.15) is 0 Å². The molecule has 0 N–H and O–H groups in total. The highest BCUT2D eigenvalue weighted by molar-refractivity contribution is 5.59. The zero-order valence-corrected chi connectivity index (χ0v) is 12.2. The van der Waals surface area contributed by atoms with Crippen molar-refractivity contribution in [3.05, 3.63) is 59.7 Å². The molecule has 0 fully saturated rings. The van der Waals surface area contributed by atoms with Gasteiger partial charge in [-0.3, -0.25) is 0 Å². The Bertz CT molecular complexity index is 579. The molecule has 0 radical (unpaired) electrons. The maximum atomic E-state index is 5.34. The Labute approximate surface area is 121 Å². The zero-order chi connectivity index (χ0) is 13.9. The van der Waals surface area contributed by atoms with Crippen molar-refractivity contribution < 1.29 is 4.74 Å². The van der Waals surface area contributed by atoms with E-state index in [0.29, 0.717) is 6.04 Å². The summed E-state index contributed by atoms with van der Waals surface area (Å²) in [4.78, 5) is 2.51. The van der Waals surface area contributed by atoms with Gasteiger partial charge in [-0.1, -0.05) is 30.3 Å². The number of ether oxygens (including phenoxy) is 1. The lowest BCUT2D eigenvalue weighted by Gasteiger charge is -2.37. The van der Waals surface area contributed by atoms with E-state index in [9.17, 15) is 0 Å². The average molecular weight is 267 g/mol. The first kappa shape index (κ1) is 13.0. The van der Waals surface area contributed by atoms with Gasteiger partial charge in [0.05, 0.1) is 7.11 Å². The van der Waals surface area contributed by atoms with Crippen molar-refractivity contribution in [3.63, 3.8) is 0 Å². The Morgan fingerprint density at radius 3 is 2.70 bits per heavy atom. The van der Waals surface area contributed by atoms with Crippen LogP contribution in [0, 0.1) is 0 Å². The van der Waals surface area contributed by atoms with Crippen molar-refractivity contribution in [1.29, 1.82) is 0 Å². The lowest BCUT2D eigenvalue weighted by molar-refractivity contribution is 0.413. The lowest BCUT2D eigenvalue weighted by atomic mass is 9.95. The summed E-state index contributed by atoms with van der Waals surface area (Å²) in [5.41, 5.74) is 4.12. The van der Waals surface area contributed by atoms with E-state index >= 15 is 0 Å². The smallest absolute Gasteiger partial charge is 0.119 e. The number of rotatable bonds is 3. The predicted octanol–water partition coefficient (Wildman–Crippen LogP) is 4.04. The molecule has 20 heavy (non-hydrogen) atoms. The van der Waals surface area contributed by atoms with Gasteiger partial charge in [0.1, 0.15) is 5.75 Å². The molecule has 1 atom stereocenters. The summed E-state index contributed by atoms with van der Waals surface area (Å²) in [5, 5.41) is 0. The van der Waals surface area contributed by atoms with Crippen LogP contribution in [0.3, 0.4) is 0 Å². The highest BCUT2D eigenvalue weighted by Gasteiger charge is 2.23. The van der Waals surface area contributed by atoms with E-state index in [1.807, 2.05) is 0 Å². The van der Waals surface area contributed by atoms with Crippen molar-refractivity contribution in [1.82, 2.24) is 0 Å². The molecule has 0 amide bonds. The van der Waals surface area contributed by atoms with Crippen LogP contribution < -0.4 is 9.64 Å². The summed E-state index contributed by atoms with van der Waals surface area (Å²) in [6, 6.07) is 17.7. The van der Waals surface area contributed by atoms with E-state index < -0.39 is 0 Å². The van der Waals surface area contributed by atoms with Gasteiger partial charge in [-0.15, -0.1) is 0 Å². The molecule has 2 heteroatoms. The number of aryl methyl sites for hydroxylation is 1. The van der Waals surface area contributed by atoms with Crippen LogP contribution in [0.5, 0.6) is 5.75 Å². The SMILES string of the molecule is COc1ccc2c(c1)CCC(C)N2Cc1ccccc1.